The van der Waals surface area contributed by atoms with Crippen molar-refractivity contribution >= 4 is 28.3 Å². The quantitative estimate of drug-likeness (QED) is 0.740. The van der Waals surface area contributed by atoms with Crippen molar-refractivity contribution in [3.05, 3.63) is 61.6 Å². The molecule has 3 aromatic heterocycles. The predicted octanol–water partition coefficient (Wildman–Crippen LogP) is 0.153. The zero-order valence-corrected chi connectivity index (χ0v) is 12.2. The highest BCUT2D eigenvalue weighted by molar-refractivity contribution is 7.09. The zero-order chi connectivity index (χ0) is 15.7. The average Bonchev–Trinajstić information content (AvgIpc) is 3.01. The van der Waals surface area contributed by atoms with Crippen molar-refractivity contribution in [1.29, 1.82) is 0 Å². The van der Waals surface area contributed by atoms with Crippen molar-refractivity contribution in [1.82, 2.24) is 14.1 Å². The molecule has 0 aliphatic heterocycles. The summed E-state index contributed by atoms with van der Waals surface area (Å²) in [5, 5.41) is 2.14. The van der Waals surface area contributed by atoms with E-state index in [4.69, 9.17) is 5.73 Å². The van der Waals surface area contributed by atoms with E-state index in [1.54, 1.807) is 12.1 Å². The van der Waals surface area contributed by atoms with Crippen molar-refractivity contribution in [2.75, 3.05) is 0 Å². The number of aromatic nitrogens is 3. The first-order valence-electron chi connectivity index (χ1n) is 6.47. The lowest BCUT2D eigenvalue weighted by Gasteiger charge is -2.11. The number of carbonyl (C=O) groups excluding carboxylic acids is 1. The van der Waals surface area contributed by atoms with Gasteiger partial charge in [-0.1, -0.05) is 6.07 Å². The van der Waals surface area contributed by atoms with Crippen LogP contribution in [-0.4, -0.2) is 20.0 Å². The molecule has 0 bridgehead atoms. The van der Waals surface area contributed by atoms with Gasteiger partial charge in [0, 0.05) is 11.1 Å². The smallest absolute Gasteiger partial charge is 0.333 e. The fourth-order valence-corrected chi connectivity index (χ4v) is 2.94. The van der Waals surface area contributed by atoms with E-state index < -0.39 is 17.2 Å². The molecule has 0 fully saturated rings. The van der Waals surface area contributed by atoms with E-state index in [9.17, 15) is 14.4 Å². The number of nitrogens with zero attached hydrogens (tertiary/aromatic N) is 3. The monoisotopic (exact) mass is 316 g/mol. The number of hydrogen-bond acceptors (Lipinski definition) is 5. The maximum absolute atomic E-state index is 12.5. The molecule has 0 aliphatic carbocycles. The van der Waals surface area contributed by atoms with E-state index in [1.165, 1.54) is 17.5 Å². The molecule has 3 heterocycles. The molecule has 7 nitrogen and oxygen atoms in total. The van der Waals surface area contributed by atoms with Gasteiger partial charge >= 0.3 is 5.69 Å². The van der Waals surface area contributed by atoms with Gasteiger partial charge in [-0.15, -0.1) is 11.3 Å². The summed E-state index contributed by atoms with van der Waals surface area (Å²) < 4.78 is 2.23. The van der Waals surface area contributed by atoms with E-state index in [2.05, 4.69) is 4.98 Å². The second-order valence-corrected chi connectivity index (χ2v) is 5.71. The molecule has 0 aromatic carbocycles. The Morgan fingerprint density at radius 3 is 2.73 bits per heavy atom. The number of pyridine rings is 1. The highest BCUT2D eigenvalue weighted by Crippen LogP contribution is 2.10. The van der Waals surface area contributed by atoms with Gasteiger partial charge in [-0.2, -0.15) is 0 Å². The summed E-state index contributed by atoms with van der Waals surface area (Å²) >= 11 is 1.45. The Balaban J connectivity index is 2.30. The molecule has 0 radical (unpaired) electrons. The SMILES string of the molecule is NC(=O)Cn1c(=O)n(Cc2cccs2)c(=O)c2cccnc21. The van der Waals surface area contributed by atoms with Gasteiger partial charge in [0.15, 0.2) is 0 Å². The third-order valence-corrected chi connectivity index (χ3v) is 4.05. The van der Waals surface area contributed by atoms with Crippen LogP contribution in [0.15, 0.2) is 45.4 Å². The van der Waals surface area contributed by atoms with Crippen LogP contribution in [0.25, 0.3) is 11.0 Å². The first kappa shape index (κ1) is 14.2. The van der Waals surface area contributed by atoms with Crippen molar-refractivity contribution in [3.8, 4) is 0 Å². The van der Waals surface area contributed by atoms with Crippen LogP contribution >= 0.6 is 11.3 Å². The maximum Gasteiger partial charge on any atom is 0.333 e. The summed E-state index contributed by atoms with van der Waals surface area (Å²) in [4.78, 5) is 41.2. The normalized spacial score (nSPS) is 10.9. The highest BCUT2D eigenvalue weighted by Gasteiger charge is 2.15. The lowest BCUT2D eigenvalue weighted by atomic mass is 10.3. The van der Waals surface area contributed by atoms with Gasteiger partial charge in [0.1, 0.15) is 12.2 Å². The number of amides is 1. The molecule has 8 heteroatoms. The van der Waals surface area contributed by atoms with E-state index in [0.717, 1.165) is 14.0 Å². The number of fused-ring (bicyclic) bond motifs is 1. The number of rotatable bonds is 4. The lowest BCUT2D eigenvalue weighted by Crippen LogP contribution is -2.42. The molecule has 22 heavy (non-hydrogen) atoms. The summed E-state index contributed by atoms with van der Waals surface area (Å²) in [5.41, 5.74) is 4.34. The molecule has 1 amide bonds. The Morgan fingerprint density at radius 1 is 1.23 bits per heavy atom. The van der Waals surface area contributed by atoms with Gasteiger partial charge in [-0.3, -0.25) is 18.7 Å². The molecular formula is C14H12N4O3S. The van der Waals surface area contributed by atoms with Gasteiger partial charge in [0.2, 0.25) is 5.91 Å². The largest absolute Gasteiger partial charge is 0.368 e. The third kappa shape index (κ3) is 2.44. The standard InChI is InChI=1S/C14H12N4O3S/c15-11(19)8-17-12-10(4-1-5-16-12)13(20)18(14(17)21)7-9-3-2-6-22-9/h1-6H,7-8H2,(H2,15,19). The molecule has 0 saturated carbocycles. The average molecular weight is 316 g/mol. The zero-order valence-electron chi connectivity index (χ0n) is 11.4. The number of thiophene rings is 1. The Labute approximate surface area is 128 Å². The number of carbonyl (C=O) groups is 1. The highest BCUT2D eigenvalue weighted by atomic mass is 32.1. The summed E-state index contributed by atoms with van der Waals surface area (Å²) in [7, 11) is 0. The summed E-state index contributed by atoms with van der Waals surface area (Å²) in [6.07, 6.45) is 1.46. The molecule has 0 aliphatic rings. The van der Waals surface area contributed by atoms with E-state index in [1.807, 2.05) is 17.5 Å². The summed E-state index contributed by atoms with van der Waals surface area (Å²) in [6.45, 7) is -0.171. The van der Waals surface area contributed by atoms with E-state index >= 15 is 0 Å². The second kappa shape index (κ2) is 5.57. The predicted molar refractivity (Wildman–Crippen MR) is 82.9 cm³/mol. The molecule has 112 valence electrons. The fraction of sp³-hybridized carbons (Fsp3) is 0.143. The van der Waals surface area contributed by atoms with Gasteiger partial charge in [-0.25, -0.2) is 9.78 Å². The number of primary amides is 1. The van der Waals surface area contributed by atoms with Crippen molar-refractivity contribution in [3.63, 3.8) is 0 Å². The fourth-order valence-electron chi connectivity index (χ4n) is 2.24. The molecule has 0 unspecified atom stereocenters. The Hall–Kier alpha value is -2.74. The Bertz CT molecular complexity index is 956. The molecule has 0 atom stereocenters. The topological polar surface area (TPSA) is 100.0 Å². The van der Waals surface area contributed by atoms with Crippen LogP contribution in [0, 0.1) is 0 Å². The number of hydrogen-bond donors (Lipinski definition) is 1. The number of nitrogens with two attached hydrogens (primary N) is 1. The minimum atomic E-state index is -0.671. The van der Waals surface area contributed by atoms with E-state index in [-0.39, 0.29) is 24.1 Å². The van der Waals surface area contributed by atoms with Crippen LogP contribution in [0.4, 0.5) is 0 Å². The molecule has 3 rings (SSSR count). The van der Waals surface area contributed by atoms with Crippen LogP contribution < -0.4 is 17.0 Å². The van der Waals surface area contributed by atoms with Crippen LogP contribution in [-0.2, 0) is 17.9 Å². The van der Waals surface area contributed by atoms with Crippen molar-refractivity contribution < 1.29 is 4.79 Å². The van der Waals surface area contributed by atoms with Gasteiger partial charge in [-0.05, 0) is 23.6 Å². The maximum atomic E-state index is 12.5. The van der Waals surface area contributed by atoms with Gasteiger partial charge < -0.3 is 5.73 Å². The van der Waals surface area contributed by atoms with E-state index in [0.29, 0.717) is 0 Å². The first-order chi connectivity index (χ1) is 10.6. The lowest BCUT2D eigenvalue weighted by molar-refractivity contribution is -0.118. The van der Waals surface area contributed by atoms with Crippen molar-refractivity contribution in [2.24, 2.45) is 5.73 Å². The third-order valence-electron chi connectivity index (χ3n) is 3.19. The van der Waals surface area contributed by atoms with Gasteiger partial charge in [0.05, 0.1) is 11.9 Å². The molecule has 0 saturated heterocycles. The van der Waals surface area contributed by atoms with Crippen LogP contribution in [0.1, 0.15) is 4.88 Å². The summed E-state index contributed by atoms with van der Waals surface area (Å²) in [6, 6.07) is 6.86. The Kier molecular flexibility index (Phi) is 3.60. The minimum absolute atomic E-state index is 0.152. The molecule has 2 N–H and O–H groups in total. The molecule has 3 aromatic rings. The Morgan fingerprint density at radius 2 is 2.05 bits per heavy atom. The van der Waals surface area contributed by atoms with Gasteiger partial charge in [0.25, 0.3) is 5.56 Å². The van der Waals surface area contributed by atoms with Crippen molar-refractivity contribution in [2.45, 2.75) is 13.1 Å². The second-order valence-electron chi connectivity index (χ2n) is 4.68. The van der Waals surface area contributed by atoms with Crippen LogP contribution in [0.5, 0.6) is 0 Å². The van der Waals surface area contributed by atoms with Crippen LogP contribution in [0.2, 0.25) is 0 Å². The summed E-state index contributed by atoms with van der Waals surface area (Å²) in [5.74, 6) is -0.671. The molecule has 0 spiro atoms. The minimum Gasteiger partial charge on any atom is -0.368 e. The molecular weight excluding hydrogens is 304 g/mol. The first-order valence-corrected chi connectivity index (χ1v) is 7.35. The van der Waals surface area contributed by atoms with Crippen LogP contribution in [0.3, 0.4) is 0 Å².